The third-order valence-corrected chi connectivity index (χ3v) is 5.31. The zero-order valence-electron chi connectivity index (χ0n) is 17.9. The van der Waals surface area contributed by atoms with Crippen LogP contribution in [0.25, 0.3) is 0 Å². The van der Waals surface area contributed by atoms with E-state index in [0.29, 0.717) is 17.9 Å². The summed E-state index contributed by atoms with van der Waals surface area (Å²) in [5.74, 6) is 3.87. The first kappa shape index (κ1) is 21.0. The number of nitrogens with zero attached hydrogens (tertiary/aromatic N) is 5. The summed E-state index contributed by atoms with van der Waals surface area (Å²) in [6.07, 6.45) is 2.02. The lowest BCUT2D eigenvalue weighted by molar-refractivity contribution is 0.0323. The molecule has 0 spiro atoms. The SMILES string of the molecule is CCNC(=NCC(C)CN1CCOCC1)NC1CCc2nc(C(C)C)nn2C1. The van der Waals surface area contributed by atoms with Crippen molar-refractivity contribution in [2.75, 3.05) is 45.9 Å². The van der Waals surface area contributed by atoms with Crippen molar-refractivity contribution in [3.05, 3.63) is 11.6 Å². The molecule has 8 nitrogen and oxygen atoms in total. The van der Waals surface area contributed by atoms with Gasteiger partial charge in [0, 0.05) is 51.1 Å². The van der Waals surface area contributed by atoms with Crippen LogP contribution in [0.5, 0.6) is 0 Å². The Labute approximate surface area is 169 Å². The zero-order chi connectivity index (χ0) is 19.9. The fourth-order valence-corrected chi connectivity index (χ4v) is 3.73. The molecule has 28 heavy (non-hydrogen) atoms. The Hall–Kier alpha value is -1.67. The number of ether oxygens (including phenoxy) is 1. The van der Waals surface area contributed by atoms with Crippen molar-refractivity contribution in [3.63, 3.8) is 0 Å². The van der Waals surface area contributed by atoms with Crippen LogP contribution in [0.3, 0.4) is 0 Å². The predicted octanol–water partition coefficient (Wildman–Crippen LogP) is 1.24. The first-order chi connectivity index (χ1) is 13.5. The van der Waals surface area contributed by atoms with Crippen LogP contribution in [0.15, 0.2) is 4.99 Å². The van der Waals surface area contributed by atoms with E-state index >= 15 is 0 Å². The fraction of sp³-hybridized carbons (Fsp3) is 0.850. The van der Waals surface area contributed by atoms with Gasteiger partial charge in [-0.1, -0.05) is 20.8 Å². The summed E-state index contributed by atoms with van der Waals surface area (Å²) in [5, 5.41) is 11.7. The molecule has 0 saturated carbocycles. The molecule has 1 fully saturated rings. The number of aromatic nitrogens is 3. The van der Waals surface area contributed by atoms with Crippen molar-refractivity contribution in [1.82, 2.24) is 30.3 Å². The van der Waals surface area contributed by atoms with E-state index in [0.717, 1.165) is 82.9 Å². The minimum atomic E-state index is 0.335. The maximum absolute atomic E-state index is 5.43. The molecule has 3 rings (SSSR count). The van der Waals surface area contributed by atoms with E-state index < -0.39 is 0 Å². The molecular formula is C20H37N7O. The molecule has 0 radical (unpaired) electrons. The molecule has 2 aliphatic heterocycles. The number of rotatable bonds is 7. The molecule has 2 atom stereocenters. The largest absolute Gasteiger partial charge is 0.379 e. The maximum Gasteiger partial charge on any atom is 0.191 e. The Balaban J connectivity index is 1.52. The van der Waals surface area contributed by atoms with Gasteiger partial charge in [-0.05, 0) is 19.3 Å². The van der Waals surface area contributed by atoms with E-state index in [1.807, 2.05) is 0 Å². The van der Waals surface area contributed by atoms with Crippen LogP contribution in [0.4, 0.5) is 0 Å². The molecule has 1 aromatic heterocycles. The van der Waals surface area contributed by atoms with Gasteiger partial charge in [0.1, 0.15) is 5.82 Å². The van der Waals surface area contributed by atoms with Gasteiger partial charge in [0.05, 0.1) is 19.8 Å². The third kappa shape index (κ3) is 5.91. The fourth-order valence-electron chi connectivity index (χ4n) is 3.73. The molecule has 0 aromatic carbocycles. The number of aliphatic imine (C=N–C) groups is 1. The highest BCUT2D eigenvalue weighted by Gasteiger charge is 2.23. The molecule has 1 aromatic rings. The summed E-state index contributed by atoms with van der Waals surface area (Å²) in [7, 11) is 0. The Kier molecular flexibility index (Phi) is 7.67. The Bertz CT molecular complexity index is 636. The van der Waals surface area contributed by atoms with Crippen LogP contribution in [0.1, 0.15) is 51.7 Å². The van der Waals surface area contributed by atoms with E-state index in [4.69, 9.17) is 9.73 Å². The van der Waals surface area contributed by atoms with Crippen LogP contribution in [-0.4, -0.2) is 77.6 Å². The Morgan fingerprint density at radius 3 is 2.79 bits per heavy atom. The minimum Gasteiger partial charge on any atom is -0.379 e. The van der Waals surface area contributed by atoms with Crippen LogP contribution < -0.4 is 10.6 Å². The van der Waals surface area contributed by atoms with Crippen LogP contribution in [-0.2, 0) is 17.7 Å². The van der Waals surface area contributed by atoms with Gasteiger partial charge in [0.2, 0.25) is 0 Å². The summed E-state index contributed by atoms with van der Waals surface area (Å²) in [5.41, 5.74) is 0. The van der Waals surface area contributed by atoms with Crippen molar-refractivity contribution in [2.24, 2.45) is 10.9 Å². The van der Waals surface area contributed by atoms with Gasteiger partial charge in [-0.25, -0.2) is 9.67 Å². The highest BCUT2D eigenvalue weighted by molar-refractivity contribution is 5.80. The standard InChI is InChI=1S/C20H37N7O/c1-5-21-20(22-12-16(4)13-26-8-10-28-11-9-26)23-17-6-7-18-24-19(15(2)3)25-27(18)14-17/h15-17H,5-14H2,1-4H3,(H2,21,22,23). The summed E-state index contributed by atoms with van der Waals surface area (Å²) in [6, 6.07) is 0.335. The van der Waals surface area contributed by atoms with Gasteiger partial charge in [-0.3, -0.25) is 9.89 Å². The molecule has 2 unspecified atom stereocenters. The van der Waals surface area contributed by atoms with E-state index in [9.17, 15) is 0 Å². The van der Waals surface area contributed by atoms with E-state index in [2.05, 4.69) is 58.0 Å². The molecule has 0 aliphatic carbocycles. The summed E-state index contributed by atoms with van der Waals surface area (Å²) < 4.78 is 7.51. The van der Waals surface area contributed by atoms with Gasteiger partial charge in [0.15, 0.2) is 11.8 Å². The smallest absolute Gasteiger partial charge is 0.191 e. The van der Waals surface area contributed by atoms with Crippen molar-refractivity contribution in [3.8, 4) is 0 Å². The zero-order valence-corrected chi connectivity index (χ0v) is 17.9. The molecule has 2 N–H and O–H groups in total. The number of hydrogen-bond donors (Lipinski definition) is 2. The monoisotopic (exact) mass is 391 g/mol. The first-order valence-corrected chi connectivity index (χ1v) is 10.8. The Morgan fingerprint density at radius 2 is 2.07 bits per heavy atom. The Morgan fingerprint density at radius 1 is 1.29 bits per heavy atom. The van der Waals surface area contributed by atoms with Crippen molar-refractivity contribution >= 4 is 5.96 Å². The average Bonchev–Trinajstić information content (AvgIpc) is 3.11. The molecule has 8 heteroatoms. The average molecular weight is 392 g/mol. The first-order valence-electron chi connectivity index (χ1n) is 10.8. The van der Waals surface area contributed by atoms with Gasteiger partial charge in [0.25, 0.3) is 0 Å². The summed E-state index contributed by atoms with van der Waals surface area (Å²) in [4.78, 5) is 12.0. The molecule has 0 bridgehead atoms. The topological polar surface area (TPSA) is 79.6 Å². The van der Waals surface area contributed by atoms with Gasteiger partial charge in [-0.2, -0.15) is 5.10 Å². The lowest BCUT2D eigenvalue weighted by atomic mass is 10.1. The number of aryl methyl sites for hydroxylation is 1. The second-order valence-electron chi connectivity index (χ2n) is 8.34. The van der Waals surface area contributed by atoms with Gasteiger partial charge < -0.3 is 15.4 Å². The molecule has 3 heterocycles. The molecule has 158 valence electrons. The molecule has 1 saturated heterocycles. The van der Waals surface area contributed by atoms with Gasteiger partial charge >= 0.3 is 0 Å². The lowest BCUT2D eigenvalue weighted by Crippen LogP contribution is -2.47. The van der Waals surface area contributed by atoms with Crippen LogP contribution >= 0.6 is 0 Å². The highest BCUT2D eigenvalue weighted by atomic mass is 16.5. The quantitative estimate of drug-likeness (QED) is 0.538. The van der Waals surface area contributed by atoms with Crippen molar-refractivity contribution < 1.29 is 4.74 Å². The number of guanidine groups is 1. The highest BCUT2D eigenvalue weighted by Crippen LogP contribution is 2.17. The molecule has 2 aliphatic rings. The summed E-state index contributed by atoms with van der Waals surface area (Å²) in [6.45, 7) is 16.1. The van der Waals surface area contributed by atoms with E-state index in [1.54, 1.807) is 0 Å². The second kappa shape index (κ2) is 10.2. The predicted molar refractivity (Wildman–Crippen MR) is 112 cm³/mol. The van der Waals surface area contributed by atoms with Crippen LogP contribution in [0, 0.1) is 5.92 Å². The number of hydrogen-bond acceptors (Lipinski definition) is 5. The minimum absolute atomic E-state index is 0.335. The van der Waals surface area contributed by atoms with Crippen molar-refractivity contribution in [2.45, 2.75) is 59.0 Å². The van der Waals surface area contributed by atoms with E-state index in [1.165, 1.54) is 0 Å². The molecular weight excluding hydrogens is 354 g/mol. The summed E-state index contributed by atoms with van der Waals surface area (Å²) >= 11 is 0. The van der Waals surface area contributed by atoms with Crippen LogP contribution in [0.2, 0.25) is 0 Å². The lowest BCUT2D eigenvalue weighted by Gasteiger charge is -2.29. The maximum atomic E-state index is 5.43. The second-order valence-corrected chi connectivity index (χ2v) is 8.34. The normalized spacial score (nSPS) is 22.2. The van der Waals surface area contributed by atoms with Crippen molar-refractivity contribution in [1.29, 1.82) is 0 Å². The van der Waals surface area contributed by atoms with E-state index in [-0.39, 0.29) is 0 Å². The number of nitrogens with one attached hydrogen (secondary N) is 2. The third-order valence-electron chi connectivity index (χ3n) is 5.31. The number of fused-ring (bicyclic) bond motifs is 1. The van der Waals surface area contributed by atoms with Gasteiger partial charge in [-0.15, -0.1) is 0 Å². The molecule has 0 amide bonds. The number of morpholine rings is 1.